The SMILES string of the molecule is c1ccc(-c2noc(C3COCCN3)n2)cc1. The lowest BCUT2D eigenvalue weighted by molar-refractivity contribution is 0.0659. The molecule has 1 aromatic carbocycles. The average molecular weight is 231 g/mol. The Morgan fingerprint density at radius 3 is 2.88 bits per heavy atom. The molecular formula is C12H13N3O2. The molecule has 1 aliphatic rings. The maximum absolute atomic E-state index is 5.36. The minimum Gasteiger partial charge on any atom is -0.378 e. The molecule has 17 heavy (non-hydrogen) atoms. The lowest BCUT2D eigenvalue weighted by Gasteiger charge is -2.20. The minimum absolute atomic E-state index is 0.00807. The van der Waals surface area contributed by atoms with Gasteiger partial charge in [-0.25, -0.2) is 0 Å². The molecular weight excluding hydrogens is 218 g/mol. The molecule has 1 N–H and O–H groups in total. The molecule has 0 aliphatic carbocycles. The van der Waals surface area contributed by atoms with E-state index in [2.05, 4.69) is 15.5 Å². The number of rotatable bonds is 2. The third-order valence-electron chi connectivity index (χ3n) is 2.69. The number of morpholine rings is 1. The molecule has 88 valence electrons. The van der Waals surface area contributed by atoms with E-state index in [9.17, 15) is 0 Å². The van der Waals surface area contributed by atoms with Gasteiger partial charge >= 0.3 is 0 Å². The molecule has 0 spiro atoms. The molecule has 1 atom stereocenters. The predicted octanol–water partition coefficient (Wildman–Crippen LogP) is 1.40. The summed E-state index contributed by atoms with van der Waals surface area (Å²) in [4.78, 5) is 4.38. The third kappa shape index (κ3) is 2.20. The van der Waals surface area contributed by atoms with Crippen LogP contribution >= 0.6 is 0 Å². The van der Waals surface area contributed by atoms with E-state index < -0.39 is 0 Å². The first-order chi connectivity index (χ1) is 8.43. The molecule has 1 aliphatic heterocycles. The largest absolute Gasteiger partial charge is 0.378 e. The van der Waals surface area contributed by atoms with Gasteiger partial charge in [0.1, 0.15) is 6.04 Å². The Morgan fingerprint density at radius 1 is 1.24 bits per heavy atom. The van der Waals surface area contributed by atoms with Crippen LogP contribution in [0.4, 0.5) is 0 Å². The second-order valence-corrected chi connectivity index (χ2v) is 3.90. The topological polar surface area (TPSA) is 60.2 Å². The smallest absolute Gasteiger partial charge is 0.246 e. The second kappa shape index (κ2) is 4.65. The lowest BCUT2D eigenvalue weighted by atomic mass is 10.2. The number of nitrogens with zero attached hydrogens (tertiary/aromatic N) is 2. The number of hydrogen-bond donors (Lipinski definition) is 1. The maximum atomic E-state index is 5.36. The van der Waals surface area contributed by atoms with E-state index in [0.717, 1.165) is 18.7 Å². The van der Waals surface area contributed by atoms with Gasteiger partial charge in [0, 0.05) is 12.1 Å². The van der Waals surface area contributed by atoms with Gasteiger partial charge < -0.3 is 14.6 Å². The highest BCUT2D eigenvalue weighted by Crippen LogP contribution is 2.19. The molecule has 2 heterocycles. The van der Waals surface area contributed by atoms with Crippen molar-refractivity contribution in [2.45, 2.75) is 6.04 Å². The fourth-order valence-electron chi connectivity index (χ4n) is 1.81. The molecule has 5 nitrogen and oxygen atoms in total. The summed E-state index contributed by atoms with van der Waals surface area (Å²) < 4.78 is 10.6. The normalized spacial score (nSPS) is 20.4. The number of hydrogen-bond acceptors (Lipinski definition) is 5. The Bertz CT molecular complexity index is 478. The number of nitrogens with one attached hydrogen (secondary N) is 1. The van der Waals surface area contributed by atoms with Crippen molar-refractivity contribution in [3.63, 3.8) is 0 Å². The van der Waals surface area contributed by atoms with Crippen molar-refractivity contribution in [3.05, 3.63) is 36.2 Å². The van der Waals surface area contributed by atoms with Crippen LogP contribution in [0.3, 0.4) is 0 Å². The van der Waals surface area contributed by atoms with Gasteiger partial charge in [0.2, 0.25) is 11.7 Å². The van der Waals surface area contributed by atoms with Crippen LogP contribution in [0.15, 0.2) is 34.9 Å². The summed E-state index contributed by atoms with van der Waals surface area (Å²) in [6.45, 7) is 2.13. The summed E-state index contributed by atoms with van der Waals surface area (Å²) in [5, 5.41) is 7.26. The van der Waals surface area contributed by atoms with Crippen LogP contribution < -0.4 is 5.32 Å². The highest BCUT2D eigenvalue weighted by Gasteiger charge is 2.21. The van der Waals surface area contributed by atoms with Crippen molar-refractivity contribution in [2.75, 3.05) is 19.8 Å². The molecule has 0 amide bonds. The number of aromatic nitrogens is 2. The molecule has 1 aromatic heterocycles. The van der Waals surface area contributed by atoms with Crippen molar-refractivity contribution in [2.24, 2.45) is 0 Å². The maximum Gasteiger partial charge on any atom is 0.246 e. The number of ether oxygens (including phenoxy) is 1. The Kier molecular flexibility index (Phi) is 2.85. The molecule has 2 aromatic rings. The Hall–Kier alpha value is -1.72. The quantitative estimate of drug-likeness (QED) is 0.846. The molecule has 1 fully saturated rings. The summed E-state index contributed by atoms with van der Waals surface area (Å²) in [7, 11) is 0. The molecule has 0 bridgehead atoms. The summed E-state index contributed by atoms with van der Waals surface area (Å²) >= 11 is 0. The van der Waals surface area contributed by atoms with E-state index in [0.29, 0.717) is 18.3 Å². The van der Waals surface area contributed by atoms with Crippen molar-refractivity contribution in [1.29, 1.82) is 0 Å². The third-order valence-corrected chi connectivity index (χ3v) is 2.69. The summed E-state index contributed by atoms with van der Waals surface area (Å²) in [6.07, 6.45) is 0. The zero-order valence-corrected chi connectivity index (χ0v) is 9.30. The zero-order chi connectivity index (χ0) is 11.5. The Balaban J connectivity index is 1.83. The molecule has 1 unspecified atom stereocenters. The van der Waals surface area contributed by atoms with Crippen LogP contribution in [0.1, 0.15) is 11.9 Å². The van der Waals surface area contributed by atoms with Crippen LogP contribution in [0.25, 0.3) is 11.4 Å². The van der Waals surface area contributed by atoms with Gasteiger partial charge in [0.25, 0.3) is 0 Å². The summed E-state index contributed by atoms with van der Waals surface area (Å²) in [5.74, 6) is 1.21. The van der Waals surface area contributed by atoms with Gasteiger partial charge in [-0.2, -0.15) is 4.98 Å². The second-order valence-electron chi connectivity index (χ2n) is 3.90. The van der Waals surface area contributed by atoms with Crippen molar-refractivity contribution < 1.29 is 9.26 Å². The summed E-state index contributed by atoms with van der Waals surface area (Å²) in [5.41, 5.74) is 0.958. The predicted molar refractivity (Wildman–Crippen MR) is 61.3 cm³/mol. The first kappa shape index (κ1) is 10.4. The van der Waals surface area contributed by atoms with Crippen LogP contribution in [-0.2, 0) is 4.74 Å². The van der Waals surface area contributed by atoms with Crippen LogP contribution in [-0.4, -0.2) is 29.9 Å². The van der Waals surface area contributed by atoms with E-state index in [-0.39, 0.29) is 6.04 Å². The molecule has 0 saturated carbocycles. The van der Waals surface area contributed by atoms with Crippen LogP contribution in [0, 0.1) is 0 Å². The van der Waals surface area contributed by atoms with E-state index >= 15 is 0 Å². The first-order valence-corrected chi connectivity index (χ1v) is 5.63. The standard InChI is InChI=1S/C12H13N3O2/c1-2-4-9(5-3-1)11-14-12(17-15-11)10-8-16-7-6-13-10/h1-5,10,13H,6-8H2. The summed E-state index contributed by atoms with van der Waals surface area (Å²) in [6, 6.07) is 9.79. The monoisotopic (exact) mass is 231 g/mol. The fraction of sp³-hybridized carbons (Fsp3) is 0.333. The fourth-order valence-corrected chi connectivity index (χ4v) is 1.81. The van der Waals surface area contributed by atoms with Gasteiger partial charge in [-0.3, -0.25) is 0 Å². The highest BCUT2D eigenvalue weighted by atomic mass is 16.5. The average Bonchev–Trinajstić information content (AvgIpc) is 2.90. The van der Waals surface area contributed by atoms with Gasteiger partial charge in [-0.15, -0.1) is 0 Å². The van der Waals surface area contributed by atoms with Crippen LogP contribution in [0.2, 0.25) is 0 Å². The molecule has 1 saturated heterocycles. The van der Waals surface area contributed by atoms with E-state index in [4.69, 9.17) is 9.26 Å². The van der Waals surface area contributed by atoms with Crippen molar-refractivity contribution >= 4 is 0 Å². The van der Waals surface area contributed by atoms with Gasteiger partial charge in [0.05, 0.1) is 13.2 Å². The Labute approximate surface area is 98.8 Å². The number of benzene rings is 1. The van der Waals surface area contributed by atoms with Gasteiger partial charge in [-0.1, -0.05) is 35.5 Å². The highest BCUT2D eigenvalue weighted by molar-refractivity contribution is 5.53. The van der Waals surface area contributed by atoms with E-state index in [1.54, 1.807) is 0 Å². The van der Waals surface area contributed by atoms with Crippen LogP contribution in [0.5, 0.6) is 0 Å². The minimum atomic E-state index is 0.00807. The van der Waals surface area contributed by atoms with E-state index in [1.165, 1.54) is 0 Å². The molecule has 5 heteroatoms. The Morgan fingerprint density at radius 2 is 2.12 bits per heavy atom. The van der Waals surface area contributed by atoms with Gasteiger partial charge in [-0.05, 0) is 0 Å². The molecule has 0 radical (unpaired) electrons. The van der Waals surface area contributed by atoms with Crippen molar-refractivity contribution in [1.82, 2.24) is 15.5 Å². The molecule has 3 rings (SSSR count). The zero-order valence-electron chi connectivity index (χ0n) is 9.30. The van der Waals surface area contributed by atoms with Crippen molar-refractivity contribution in [3.8, 4) is 11.4 Å². The van der Waals surface area contributed by atoms with Gasteiger partial charge in [0.15, 0.2) is 0 Å². The lowest BCUT2D eigenvalue weighted by Crippen LogP contribution is -2.34. The van der Waals surface area contributed by atoms with E-state index in [1.807, 2.05) is 30.3 Å². The first-order valence-electron chi connectivity index (χ1n) is 5.63.